The van der Waals surface area contributed by atoms with Crippen molar-refractivity contribution in [1.82, 2.24) is 0 Å². The molecular weight excluding hydrogens is 408 g/mol. The molecule has 3 rings (SSSR count). The molecule has 0 bridgehead atoms. The van der Waals surface area contributed by atoms with Crippen LogP contribution < -0.4 is 0 Å². The van der Waals surface area contributed by atoms with E-state index in [9.17, 15) is 10.2 Å². The molecule has 0 saturated heterocycles. The molecule has 2 aliphatic carbocycles. The van der Waals surface area contributed by atoms with Gasteiger partial charge in [0.1, 0.15) is 0 Å². The van der Waals surface area contributed by atoms with Crippen LogP contribution in [-0.2, 0) is 5.41 Å². The summed E-state index contributed by atoms with van der Waals surface area (Å²) >= 11 is 7.32. The third-order valence-electron chi connectivity index (χ3n) is 4.81. The van der Waals surface area contributed by atoms with Gasteiger partial charge in [0.05, 0.1) is 0 Å². The normalized spacial score (nSPS) is 22.5. The summed E-state index contributed by atoms with van der Waals surface area (Å²) in [7, 11) is 0. The second-order valence-electron chi connectivity index (χ2n) is 6.01. The Morgan fingerprint density at radius 3 is 2.59 bits per heavy atom. The van der Waals surface area contributed by atoms with Crippen LogP contribution in [-0.4, -0.2) is 28.3 Å². The molecule has 0 radical (unpaired) electrons. The maximum absolute atomic E-state index is 9.69. The lowest BCUT2D eigenvalue weighted by Crippen LogP contribution is -2.28. The van der Waals surface area contributed by atoms with Crippen LogP contribution in [0, 0.1) is 0 Å². The first-order valence-corrected chi connectivity index (χ1v) is 9.42. The minimum absolute atomic E-state index is 0.115. The maximum Gasteiger partial charge on any atom is 0.0442 e. The van der Waals surface area contributed by atoms with Gasteiger partial charge in [-0.15, -0.1) is 0 Å². The smallest absolute Gasteiger partial charge is 0.0442 e. The molecular formula is C18H20Br2O2. The SMILES string of the molecule is OCCC1(CCO)C2=C[C@H](Br)CCC=C2c2ccc(Br)cc21. The van der Waals surface area contributed by atoms with Crippen LogP contribution in [0.1, 0.15) is 36.8 Å². The first kappa shape index (κ1) is 16.4. The van der Waals surface area contributed by atoms with Crippen molar-refractivity contribution in [3.05, 3.63) is 51.5 Å². The van der Waals surface area contributed by atoms with E-state index in [-0.39, 0.29) is 18.6 Å². The highest BCUT2D eigenvalue weighted by molar-refractivity contribution is 9.10. The van der Waals surface area contributed by atoms with Gasteiger partial charge >= 0.3 is 0 Å². The zero-order chi connectivity index (χ0) is 15.7. The minimum atomic E-state index is -0.287. The van der Waals surface area contributed by atoms with Crippen LogP contribution >= 0.6 is 31.9 Å². The van der Waals surface area contributed by atoms with Crippen LogP contribution in [0.2, 0.25) is 0 Å². The quantitative estimate of drug-likeness (QED) is 0.702. The molecule has 0 spiro atoms. The van der Waals surface area contributed by atoms with Crippen LogP contribution in [0.15, 0.2) is 40.4 Å². The highest BCUT2D eigenvalue weighted by atomic mass is 79.9. The summed E-state index contributed by atoms with van der Waals surface area (Å²) in [5, 5.41) is 19.4. The van der Waals surface area contributed by atoms with Gasteiger partial charge in [0.2, 0.25) is 0 Å². The zero-order valence-corrected chi connectivity index (χ0v) is 15.5. The van der Waals surface area contributed by atoms with E-state index in [0.29, 0.717) is 17.7 Å². The van der Waals surface area contributed by atoms with E-state index in [1.165, 1.54) is 22.3 Å². The van der Waals surface area contributed by atoms with Gasteiger partial charge in [0.15, 0.2) is 0 Å². The summed E-state index contributed by atoms with van der Waals surface area (Å²) in [6.07, 6.45) is 8.00. The molecule has 1 aromatic carbocycles. The highest BCUT2D eigenvalue weighted by Crippen LogP contribution is 2.55. The van der Waals surface area contributed by atoms with Crippen molar-refractivity contribution in [1.29, 1.82) is 0 Å². The molecule has 0 unspecified atom stereocenters. The lowest BCUT2D eigenvalue weighted by atomic mass is 9.73. The number of rotatable bonds is 4. The summed E-state index contributed by atoms with van der Waals surface area (Å²) in [5.41, 5.74) is 4.74. The minimum Gasteiger partial charge on any atom is -0.396 e. The van der Waals surface area contributed by atoms with Crippen molar-refractivity contribution in [3.63, 3.8) is 0 Å². The van der Waals surface area contributed by atoms with Crippen molar-refractivity contribution < 1.29 is 10.2 Å². The van der Waals surface area contributed by atoms with Crippen molar-refractivity contribution in [2.24, 2.45) is 0 Å². The largest absolute Gasteiger partial charge is 0.396 e. The van der Waals surface area contributed by atoms with Crippen LogP contribution in [0.3, 0.4) is 0 Å². The van der Waals surface area contributed by atoms with Crippen LogP contribution in [0.5, 0.6) is 0 Å². The van der Waals surface area contributed by atoms with Gasteiger partial charge in [0, 0.05) is 27.9 Å². The molecule has 0 saturated carbocycles. The third kappa shape index (κ3) is 2.64. The third-order valence-corrected chi connectivity index (χ3v) is 6.02. The number of alkyl halides is 1. The number of benzene rings is 1. The van der Waals surface area contributed by atoms with Crippen molar-refractivity contribution in [3.8, 4) is 0 Å². The van der Waals surface area contributed by atoms with Crippen molar-refractivity contribution in [2.75, 3.05) is 13.2 Å². The van der Waals surface area contributed by atoms with E-state index in [4.69, 9.17) is 0 Å². The molecule has 2 nitrogen and oxygen atoms in total. The first-order valence-electron chi connectivity index (χ1n) is 7.71. The summed E-state index contributed by atoms with van der Waals surface area (Å²) in [4.78, 5) is 0.339. The first-order chi connectivity index (χ1) is 10.6. The molecule has 1 aromatic rings. The Labute approximate surface area is 148 Å². The van der Waals surface area contributed by atoms with E-state index < -0.39 is 0 Å². The molecule has 4 heteroatoms. The standard InChI is InChI=1S/C18H20Br2O2/c19-12-2-1-3-14-15-5-4-13(20)11-17(15)18(6-8-21,7-9-22)16(14)10-12/h3-5,10-12,21-22H,1-2,6-9H2/t12-/m1/s1. The van der Waals surface area contributed by atoms with Gasteiger partial charge in [-0.3, -0.25) is 0 Å². The molecule has 0 heterocycles. The lowest BCUT2D eigenvalue weighted by Gasteiger charge is -2.32. The Balaban J connectivity index is 2.27. The average Bonchev–Trinajstić information content (AvgIpc) is 2.62. The number of hydrogen-bond donors (Lipinski definition) is 2. The molecule has 1 atom stereocenters. The Kier molecular flexibility index (Phi) is 4.93. The maximum atomic E-state index is 9.69. The topological polar surface area (TPSA) is 40.5 Å². The fourth-order valence-electron chi connectivity index (χ4n) is 3.86. The van der Waals surface area contributed by atoms with Gasteiger partial charge < -0.3 is 10.2 Å². The van der Waals surface area contributed by atoms with E-state index in [1.807, 2.05) is 0 Å². The number of fused-ring (bicyclic) bond motifs is 3. The average molecular weight is 428 g/mol. The monoisotopic (exact) mass is 426 g/mol. The van der Waals surface area contributed by atoms with Crippen LogP contribution in [0.4, 0.5) is 0 Å². The highest BCUT2D eigenvalue weighted by Gasteiger charge is 2.45. The number of allylic oxidation sites excluding steroid dienone is 4. The van der Waals surface area contributed by atoms with Gasteiger partial charge in [-0.2, -0.15) is 0 Å². The lowest BCUT2D eigenvalue weighted by molar-refractivity contribution is 0.212. The van der Waals surface area contributed by atoms with E-state index in [1.54, 1.807) is 0 Å². The number of aliphatic hydroxyl groups is 2. The Bertz CT molecular complexity index is 628. The second kappa shape index (κ2) is 6.60. The van der Waals surface area contributed by atoms with Gasteiger partial charge in [-0.25, -0.2) is 0 Å². The summed E-state index contributed by atoms with van der Waals surface area (Å²) < 4.78 is 1.04. The van der Waals surface area contributed by atoms with Crippen LogP contribution in [0.25, 0.3) is 5.57 Å². The van der Waals surface area contributed by atoms with Gasteiger partial charge in [-0.1, -0.05) is 50.1 Å². The summed E-state index contributed by atoms with van der Waals surface area (Å²) in [5.74, 6) is 0. The van der Waals surface area contributed by atoms with Gasteiger partial charge in [-0.05, 0) is 60.1 Å². The van der Waals surface area contributed by atoms with Gasteiger partial charge in [0.25, 0.3) is 0 Å². The fourth-order valence-corrected chi connectivity index (χ4v) is 4.75. The number of halogens is 2. The van der Waals surface area contributed by atoms with Crippen molar-refractivity contribution >= 4 is 37.4 Å². The molecule has 0 aromatic heterocycles. The molecule has 22 heavy (non-hydrogen) atoms. The van der Waals surface area contributed by atoms with E-state index >= 15 is 0 Å². The number of aliphatic hydroxyl groups excluding tert-OH is 2. The summed E-state index contributed by atoms with van der Waals surface area (Å²) in [6.45, 7) is 0.229. The predicted molar refractivity (Wildman–Crippen MR) is 97.2 cm³/mol. The molecule has 2 aliphatic rings. The molecule has 118 valence electrons. The Hall–Kier alpha value is -0.420. The number of hydrogen-bond acceptors (Lipinski definition) is 2. The molecule has 0 fully saturated rings. The molecule has 2 N–H and O–H groups in total. The Morgan fingerprint density at radius 2 is 1.91 bits per heavy atom. The summed E-state index contributed by atoms with van der Waals surface area (Å²) in [6, 6.07) is 6.38. The van der Waals surface area contributed by atoms with E-state index in [0.717, 1.165) is 17.3 Å². The predicted octanol–water partition coefficient (Wildman–Crippen LogP) is 4.33. The molecule has 0 aliphatic heterocycles. The Morgan fingerprint density at radius 1 is 1.18 bits per heavy atom. The fraction of sp³-hybridized carbons (Fsp3) is 0.444. The zero-order valence-electron chi connectivity index (χ0n) is 12.4. The van der Waals surface area contributed by atoms with Crippen molar-refractivity contribution in [2.45, 2.75) is 35.9 Å². The second-order valence-corrected chi connectivity index (χ2v) is 8.10. The van der Waals surface area contributed by atoms with E-state index in [2.05, 4.69) is 62.2 Å². The molecule has 0 amide bonds.